The highest BCUT2D eigenvalue weighted by molar-refractivity contribution is 5.82. The van der Waals surface area contributed by atoms with Crippen molar-refractivity contribution in [1.29, 1.82) is 0 Å². The van der Waals surface area contributed by atoms with E-state index in [1.807, 2.05) is 49.1 Å². The molecular formula is C29H38F3NO3. The number of rotatable bonds is 10. The van der Waals surface area contributed by atoms with Crippen LogP contribution in [0.15, 0.2) is 42.5 Å². The van der Waals surface area contributed by atoms with Crippen LogP contribution in [0, 0.1) is 5.92 Å². The summed E-state index contributed by atoms with van der Waals surface area (Å²) >= 11 is 0. The van der Waals surface area contributed by atoms with Gasteiger partial charge in [-0.15, -0.1) is 0 Å². The van der Waals surface area contributed by atoms with Gasteiger partial charge in [0.25, 0.3) is 0 Å². The summed E-state index contributed by atoms with van der Waals surface area (Å²) in [5, 5.41) is 0. The molecule has 0 aliphatic carbocycles. The summed E-state index contributed by atoms with van der Waals surface area (Å²) in [7, 11) is 2.87. The van der Waals surface area contributed by atoms with Gasteiger partial charge in [-0.05, 0) is 73.3 Å². The third-order valence-electron chi connectivity index (χ3n) is 6.93. The maximum absolute atomic E-state index is 14.9. The van der Waals surface area contributed by atoms with Crippen LogP contribution in [0.4, 0.5) is 18.9 Å². The van der Waals surface area contributed by atoms with E-state index < -0.39 is 23.6 Å². The van der Waals surface area contributed by atoms with E-state index in [4.69, 9.17) is 9.47 Å². The van der Waals surface area contributed by atoms with Crippen molar-refractivity contribution < 1.29 is 27.4 Å². The summed E-state index contributed by atoms with van der Waals surface area (Å²) in [6, 6.07) is 12.6. The van der Waals surface area contributed by atoms with Gasteiger partial charge in [0.05, 0.1) is 24.3 Å². The second-order valence-electron chi connectivity index (χ2n) is 10.0. The zero-order valence-corrected chi connectivity index (χ0v) is 21.7. The number of esters is 1. The third kappa shape index (κ3) is 6.81. The Bertz CT molecular complexity index is 991. The second-order valence-corrected chi connectivity index (χ2v) is 10.0. The van der Waals surface area contributed by atoms with Crippen molar-refractivity contribution in [3.8, 4) is 11.1 Å². The predicted octanol–water partition coefficient (Wildman–Crippen LogP) is 7.46. The molecule has 1 fully saturated rings. The average molecular weight is 506 g/mol. The SMILES string of the molecule is COCCCC1CCCCN1c1cc(-c2ccccc2)cc([C@@H](CC(C)C)C(=O)OC)c1C(F)(F)F. The molecule has 2 atom stereocenters. The van der Waals surface area contributed by atoms with Crippen LogP contribution >= 0.6 is 0 Å². The molecule has 0 spiro atoms. The molecular weight excluding hydrogens is 467 g/mol. The first-order valence-corrected chi connectivity index (χ1v) is 12.8. The van der Waals surface area contributed by atoms with Crippen molar-refractivity contribution in [2.45, 2.75) is 70.5 Å². The van der Waals surface area contributed by atoms with Crippen molar-refractivity contribution >= 4 is 11.7 Å². The zero-order chi connectivity index (χ0) is 26.3. The van der Waals surface area contributed by atoms with Crippen molar-refractivity contribution in [1.82, 2.24) is 0 Å². The quantitative estimate of drug-likeness (QED) is 0.248. The molecule has 2 aromatic rings. The van der Waals surface area contributed by atoms with E-state index >= 15 is 0 Å². The number of carbonyl (C=O) groups is 1. The molecule has 1 heterocycles. The second kappa shape index (κ2) is 12.6. The molecule has 0 aromatic heterocycles. The lowest BCUT2D eigenvalue weighted by molar-refractivity contribution is -0.144. The van der Waals surface area contributed by atoms with E-state index in [1.165, 1.54) is 7.11 Å². The Labute approximate surface area is 212 Å². The van der Waals surface area contributed by atoms with Crippen LogP contribution in [0.25, 0.3) is 11.1 Å². The van der Waals surface area contributed by atoms with Gasteiger partial charge >= 0.3 is 12.1 Å². The minimum absolute atomic E-state index is 0.000572. The number of methoxy groups -OCH3 is 2. The van der Waals surface area contributed by atoms with Gasteiger partial charge in [0.1, 0.15) is 0 Å². The van der Waals surface area contributed by atoms with Crippen LogP contribution in [-0.2, 0) is 20.4 Å². The number of halogens is 3. The first-order chi connectivity index (χ1) is 17.2. The van der Waals surface area contributed by atoms with Crippen molar-refractivity contribution in [3.05, 3.63) is 53.6 Å². The Morgan fingerprint density at radius 2 is 1.81 bits per heavy atom. The third-order valence-corrected chi connectivity index (χ3v) is 6.93. The molecule has 36 heavy (non-hydrogen) atoms. The van der Waals surface area contributed by atoms with Crippen molar-refractivity contribution in [2.75, 3.05) is 32.3 Å². The fourth-order valence-electron chi connectivity index (χ4n) is 5.30. The fourth-order valence-corrected chi connectivity index (χ4v) is 5.30. The van der Waals surface area contributed by atoms with Crippen LogP contribution in [0.5, 0.6) is 0 Å². The number of piperidine rings is 1. The lowest BCUT2D eigenvalue weighted by Crippen LogP contribution is -2.41. The Morgan fingerprint density at radius 1 is 1.08 bits per heavy atom. The highest BCUT2D eigenvalue weighted by atomic mass is 19.4. The maximum Gasteiger partial charge on any atom is 0.418 e. The number of alkyl halides is 3. The summed E-state index contributed by atoms with van der Waals surface area (Å²) in [6.45, 7) is 4.93. The first kappa shape index (κ1) is 28.0. The molecule has 1 saturated heterocycles. The molecule has 1 aliphatic heterocycles. The molecule has 0 N–H and O–H groups in total. The van der Waals surface area contributed by atoms with Gasteiger partial charge in [0, 0.05) is 26.3 Å². The minimum atomic E-state index is -4.63. The van der Waals surface area contributed by atoms with E-state index in [0.717, 1.165) is 37.7 Å². The number of carbonyl (C=O) groups excluding carboxylic acids is 1. The number of nitrogens with zero attached hydrogens (tertiary/aromatic N) is 1. The monoisotopic (exact) mass is 505 g/mol. The number of benzene rings is 2. The fraction of sp³-hybridized carbons (Fsp3) is 0.552. The molecule has 1 unspecified atom stereocenters. The minimum Gasteiger partial charge on any atom is -0.469 e. The highest BCUT2D eigenvalue weighted by Gasteiger charge is 2.42. The largest absolute Gasteiger partial charge is 0.469 e. The molecule has 7 heteroatoms. The van der Waals surface area contributed by atoms with Gasteiger partial charge in [-0.3, -0.25) is 4.79 Å². The number of anilines is 1. The Morgan fingerprint density at radius 3 is 2.42 bits per heavy atom. The van der Waals surface area contributed by atoms with E-state index in [1.54, 1.807) is 19.2 Å². The topological polar surface area (TPSA) is 38.8 Å². The summed E-state index contributed by atoms with van der Waals surface area (Å²) in [6.07, 6.45) is -0.181. The van der Waals surface area contributed by atoms with Crippen LogP contribution < -0.4 is 4.90 Å². The van der Waals surface area contributed by atoms with Crippen LogP contribution in [0.3, 0.4) is 0 Å². The molecule has 0 saturated carbocycles. The summed E-state index contributed by atoms with van der Waals surface area (Å²) < 4.78 is 54.9. The van der Waals surface area contributed by atoms with Crippen molar-refractivity contribution in [2.24, 2.45) is 5.92 Å². The molecule has 4 nitrogen and oxygen atoms in total. The standard InChI is InChI=1S/C29H38F3NO3/c1-20(2)17-25(28(34)36-4)24-18-22(21-11-6-5-7-12-21)19-26(27(24)29(30,31)32)33-15-9-8-13-23(33)14-10-16-35-3/h5-7,11-12,18-20,23,25H,8-10,13-17H2,1-4H3/t23?,25-/m1/s1. The first-order valence-electron chi connectivity index (χ1n) is 12.8. The summed E-state index contributed by atoms with van der Waals surface area (Å²) in [4.78, 5) is 14.8. The van der Waals surface area contributed by atoms with E-state index in [-0.39, 0.29) is 29.6 Å². The molecule has 1 aliphatic rings. The molecule has 0 radical (unpaired) electrons. The maximum atomic E-state index is 14.9. The molecule has 198 valence electrons. The van der Waals surface area contributed by atoms with Crippen LogP contribution in [0.1, 0.15) is 69.4 Å². The van der Waals surface area contributed by atoms with Crippen molar-refractivity contribution in [3.63, 3.8) is 0 Å². The van der Waals surface area contributed by atoms with Gasteiger partial charge in [0.2, 0.25) is 0 Å². The predicted molar refractivity (Wildman–Crippen MR) is 137 cm³/mol. The molecule has 0 bridgehead atoms. The smallest absolute Gasteiger partial charge is 0.418 e. The van der Waals surface area contributed by atoms with E-state index in [2.05, 4.69) is 0 Å². The normalized spacial score (nSPS) is 17.3. The number of hydrogen-bond donors (Lipinski definition) is 0. The molecule has 2 aromatic carbocycles. The van der Waals surface area contributed by atoms with Crippen LogP contribution in [-0.4, -0.2) is 39.4 Å². The Kier molecular flexibility index (Phi) is 9.83. The van der Waals surface area contributed by atoms with E-state index in [9.17, 15) is 18.0 Å². The highest BCUT2D eigenvalue weighted by Crippen LogP contribution is 2.47. The Balaban J connectivity index is 2.28. The zero-order valence-electron chi connectivity index (χ0n) is 21.7. The Hall–Kier alpha value is -2.54. The van der Waals surface area contributed by atoms with Gasteiger partial charge in [-0.25, -0.2) is 0 Å². The van der Waals surface area contributed by atoms with Gasteiger partial charge < -0.3 is 14.4 Å². The van der Waals surface area contributed by atoms with E-state index in [0.29, 0.717) is 18.7 Å². The lowest BCUT2D eigenvalue weighted by atomic mass is 9.83. The number of hydrogen-bond acceptors (Lipinski definition) is 4. The average Bonchev–Trinajstić information content (AvgIpc) is 2.86. The summed E-state index contributed by atoms with van der Waals surface area (Å²) in [5.41, 5.74) is 0.943. The van der Waals surface area contributed by atoms with Gasteiger partial charge in [-0.2, -0.15) is 13.2 Å². The lowest BCUT2D eigenvalue weighted by Gasteiger charge is -2.40. The molecule has 3 rings (SSSR count). The number of ether oxygens (including phenoxy) is 2. The van der Waals surface area contributed by atoms with Crippen LogP contribution in [0.2, 0.25) is 0 Å². The van der Waals surface area contributed by atoms with Gasteiger partial charge in [0.15, 0.2) is 0 Å². The summed E-state index contributed by atoms with van der Waals surface area (Å²) in [5.74, 6) is -1.64. The van der Waals surface area contributed by atoms with Gasteiger partial charge in [-0.1, -0.05) is 44.2 Å². The molecule has 0 amide bonds.